The fourth-order valence-electron chi connectivity index (χ4n) is 5.25. The second-order valence-corrected chi connectivity index (χ2v) is 8.15. The zero-order valence-corrected chi connectivity index (χ0v) is 14.7. The van der Waals surface area contributed by atoms with Crippen molar-refractivity contribution in [3.63, 3.8) is 0 Å². The molecule has 0 amide bonds. The smallest absolute Gasteiger partial charge is 0.321 e. The maximum absolute atomic E-state index is 12.0. The first-order valence-electron chi connectivity index (χ1n) is 9.52. The van der Waals surface area contributed by atoms with E-state index in [1.807, 2.05) is 0 Å². The molecule has 1 saturated carbocycles. The number of rotatable bonds is 2. The molecule has 0 aromatic rings. The van der Waals surface area contributed by atoms with E-state index in [0.29, 0.717) is 37.0 Å². The van der Waals surface area contributed by atoms with E-state index in [0.717, 1.165) is 6.42 Å². The van der Waals surface area contributed by atoms with Gasteiger partial charge in [-0.05, 0) is 45.1 Å². The van der Waals surface area contributed by atoms with E-state index in [1.165, 1.54) is 37.0 Å². The Balaban J connectivity index is 1.57. The molecule has 134 valence electrons. The van der Waals surface area contributed by atoms with Crippen LogP contribution in [0.1, 0.15) is 52.4 Å². The van der Waals surface area contributed by atoms with Crippen LogP contribution in [0.2, 0.25) is 0 Å². The van der Waals surface area contributed by atoms with Gasteiger partial charge in [0.15, 0.2) is 0 Å². The number of hydrogen-bond donors (Lipinski definition) is 4. The van der Waals surface area contributed by atoms with Crippen molar-refractivity contribution in [2.45, 2.75) is 82.8 Å². The van der Waals surface area contributed by atoms with Crippen molar-refractivity contribution >= 4 is 5.97 Å². The molecule has 1 aliphatic carbocycles. The maximum Gasteiger partial charge on any atom is 0.321 e. The molecule has 0 bridgehead atoms. The van der Waals surface area contributed by atoms with Crippen LogP contribution in [0.15, 0.2) is 11.3 Å². The molecule has 5 atom stereocenters. The molecule has 1 saturated heterocycles. The molecular weight excluding hydrogens is 304 g/mol. The minimum absolute atomic E-state index is 0.0664. The van der Waals surface area contributed by atoms with Crippen molar-refractivity contribution in [2.75, 3.05) is 6.54 Å². The van der Waals surface area contributed by atoms with Gasteiger partial charge in [0.2, 0.25) is 0 Å². The number of carboxylic acid groups (broad SMARTS) is 1. The Bertz CT molecular complexity index is 539. The highest BCUT2D eigenvalue weighted by Crippen LogP contribution is 2.41. The van der Waals surface area contributed by atoms with Gasteiger partial charge in [-0.3, -0.25) is 20.3 Å². The first kappa shape index (κ1) is 16.4. The SMILES string of the molecule is CC1CC(C)NC(N2CC3=C(CC2C(=O)O)C2CCCCC2N3)N1. The summed E-state index contributed by atoms with van der Waals surface area (Å²) in [6.45, 7) is 5.07. The van der Waals surface area contributed by atoms with Crippen LogP contribution in [0.5, 0.6) is 0 Å². The summed E-state index contributed by atoms with van der Waals surface area (Å²) in [7, 11) is 0. The van der Waals surface area contributed by atoms with E-state index in [2.05, 4.69) is 34.7 Å². The average molecular weight is 334 g/mol. The highest BCUT2D eigenvalue weighted by Gasteiger charge is 2.45. The van der Waals surface area contributed by atoms with Gasteiger partial charge in [0, 0.05) is 36.3 Å². The van der Waals surface area contributed by atoms with E-state index >= 15 is 0 Å². The highest BCUT2D eigenvalue weighted by atomic mass is 16.4. The molecule has 6 heteroatoms. The normalized spacial score (nSPS) is 43.1. The topological polar surface area (TPSA) is 76.6 Å². The van der Waals surface area contributed by atoms with Crippen LogP contribution >= 0.6 is 0 Å². The van der Waals surface area contributed by atoms with Crippen molar-refractivity contribution in [2.24, 2.45) is 5.92 Å². The van der Waals surface area contributed by atoms with Gasteiger partial charge in [-0.25, -0.2) is 0 Å². The van der Waals surface area contributed by atoms with Crippen LogP contribution in [-0.2, 0) is 4.79 Å². The summed E-state index contributed by atoms with van der Waals surface area (Å²) in [5, 5.41) is 20.7. The number of hydrogen-bond acceptors (Lipinski definition) is 5. The molecule has 4 N–H and O–H groups in total. The lowest BCUT2D eigenvalue weighted by molar-refractivity contribution is -0.145. The van der Waals surface area contributed by atoms with Crippen LogP contribution in [0.3, 0.4) is 0 Å². The third-order valence-electron chi connectivity index (χ3n) is 6.32. The molecular formula is C18H30N4O2. The van der Waals surface area contributed by atoms with Crippen molar-refractivity contribution < 1.29 is 9.90 Å². The van der Waals surface area contributed by atoms with Crippen molar-refractivity contribution in [3.05, 3.63) is 11.3 Å². The Kier molecular flexibility index (Phi) is 4.31. The van der Waals surface area contributed by atoms with E-state index in [4.69, 9.17) is 0 Å². The van der Waals surface area contributed by atoms with Gasteiger partial charge in [0.1, 0.15) is 12.3 Å². The molecule has 4 rings (SSSR count). The summed E-state index contributed by atoms with van der Waals surface area (Å²) < 4.78 is 0. The maximum atomic E-state index is 12.0. The summed E-state index contributed by atoms with van der Waals surface area (Å²) in [4.78, 5) is 14.1. The van der Waals surface area contributed by atoms with Gasteiger partial charge in [-0.1, -0.05) is 12.8 Å². The van der Waals surface area contributed by atoms with Gasteiger partial charge in [-0.2, -0.15) is 0 Å². The van der Waals surface area contributed by atoms with Crippen LogP contribution < -0.4 is 16.0 Å². The van der Waals surface area contributed by atoms with E-state index < -0.39 is 12.0 Å². The van der Waals surface area contributed by atoms with Gasteiger partial charge in [0.05, 0.1) is 0 Å². The van der Waals surface area contributed by atoms with Crippen LogP contribution in [0.4, 0.5) is 0 Å². The number of carbonyl (C=O) groups is 1. The molecule has 24 heavy (non-hydrogen) atoms. The van der Waals surface area contributed by atoms with Crippen molar-refractivity contribution in [1.29, 1.82) is 0 Å². The Morgan fingerprint density at radius 2 is 1.88 bits per heavy atom. The van der Waals surface area contributed by atoms with Crippen molar-refractivity contribution in [1.82, 2.24) is 20.9 Å². The third kappa shape index (κ3) is 2.85. The van der Waals surface area contributed by atoms with E-state index in [-0.39, 0.29) is 6.29 Å². The predicted octanol–water partition coefficient (Wildman–Crippen LogP) is 1.20. The fraction of sp³-hybridized carbons (Fsp3) is 0.833. The molecule has 3 heterocycles. The summed E-state index contributed by atoms with van der Waals surface area (Å²) in [6, 6.07) is 0.905. The summed E-state index contributed by atoms with van der Waals surface area (Å²) in [6.07, 6.45) is 6.69. The lowest BCUT2D eigenvalue weighted by Crippen LogP contribution is -2.67. The Hall–Kier alpha value is -1.11. The van der Waals surface area contributed by atoms with Crippen LogP contribution in [0.25, 0.3) is 0 Å². The molecule has 5 unspecified atom stereocenters. The summed E-state index contributed by atoms with van der Waals surface area (Å²) >= 11 is 0. The summed E-state index contributed by atoms with van der Waals surface area (Å²) in [5.74, 6) is -0.127. The fourth-order valence-corrected chi connectivity index (χ4v) is 5.25. The number of aliphatic carboxylic acids is 1. The van der Waals surface area contributed by atoms with E-state index in [9.17, 15) is 9.90 Å². The molecule has 0 aromatic carbocycles. The number of nitrogens with zero attached hydrogens (tertiary/aromatic N) is 1. The van der Waals surface area contributed by atoms with Crippen LogP contribution in [0, 0.1) is 5.92 Å². The second-order valence-electron chi connectivity index (χ2n) is 8.15. The lowest BCUT2D eigenvalue weighted by Gasteiger charge is -2.45. The first-order chi connectivity index (χ1) is 11.5. The Labute approximate surface area is 144 Å². The largest absolute Gasteiger partial charge is 0.480 e. The molecule has 0 spiro atoms. The minimum Gasteiger partial charge on any atom is -0.480 e. The molecule has 0 aromatic heterocycles. The Morgan fingerprint density at radius 3 is 2.58 bits per heavy atom. The molecule has 4 aliphatic rings. The molecule has 0 radical (unpaired) electrons. The average Bonchev–Trinajstić information content (AvgIpc) is 2.90. The minimum atomic E-state index is -0.699. The number of fused-ring (bicyclic) bond motifs is 2. The quantitative estimate of drug-likeness (QED) is 0.608. The first-order valence-corrected chi connectivity index (χ1v) is 9.52. The predicted molar refractivity (Wildman–Crippen MR) is 92.3 cm³/mol. The second kappa shape index (κ2) is 6.32. The number of carboxylic acids is 1. The lowest BCUT2D eigenvalue weighted by atomic mass is 9.79. The van der Waals surface area contributed by atoms with Gasteiger partial charge < -0.3 is 10.4 Å². The van der Waals surface area contributed by atoms with E-state index in [1.54, 1.807) is 0 Å². The Morgan fingerprint density at radius 1 is 1.17 bits per heavy atom. The zero-order valence-electron chi connectivity index (χ0n) is 14.7. The third-order valence-corrected chi connectivity index (χ3v) is 6.32. The zero-order chi connectivity index (χ0) is 16.8. The highest BCUT2D eigenvalue weighted by molar-refractivity contribution is 5.74. The number of nitrogens with one attached hydrogen (secondary N) is 3. The molecule has 2 fully saturated rings. The van der Waals surface area contributed by atoms with Gasteiger partial charge in [0.25, 0.3) is 0 Å². The summed E-state index contributed by atoms with van der Waals surface area (Å²) in [5.41, 5.74) is 2.71. The monoisotopic (exact) mass is 334 g/mol. The standard InChI is InChI=1S/C18H30N4O2/c1-10-7-11(2)20-18(19-10)22-9-15-13(8-16(22)17(23)24)12-5-3-4-6-14(12)21-15/h10-12,14,16,18-21H,3-9H2,1-2H3,(H,23,24). The molecule has 6 nitrogen and oxygen atoms in total. The van der Waals surface area contributed by atoms with Gasteiger partial charge in [-0.15, -0.1) is 0 Å². The van der Waals surface area contributed by atoms with Gasteiger partial charge >= 0.3 is 5.97 Å². The van der Waals surface area contributed by atoms with Crippen molar-refractivity contribution in [3.8, 4) is 0 Å². The molecule has 3 aliphatic heterocycles. The van der Waals surface area contributed by atoms with Crippen LogP contribution in [-0.4, -0.2) is 53.0 Å².